The first-order chi connectivity index (χ1) is 7.50. The van der Waals surface area contributed by atoms with E-state index in [1.807, 2.05) is 6.92 Å². The van der Waals surface area contributed by atoms with E-state index in [1.165, 1.54) is 12.8 Å². The van der Waals surface area contributed by atoms with E-state index < -0.39 is 0 Å². The van der Waals surface area contributed by atoms with Gasteiger partial charge < -0.3 is 4.90 Å². The van der Waals surface area contributed by atoms with Gasteiger partial charge in [-0.1, -0.05) is 6.92 Å². The maximum atomic E-state index is 9.26. The lowest BCUT2D eigenvalue weighted by molar-refractivity contribution is 0.211. The molecule has 0 radical (unpaired) electrons. The summed E-state index contributed by atoms with van der Waals surface area (Å²) < 4.78 is 0. The maximum Gasteiger partial charge on any atom is 0.105 e. The topological polar surface area (TPSA) is 39.1 Å². The molecule has 0 bridgehead atoms. The van der Waals surface area contributed by atoms with Gasteiger partial charge in [0.05, 0.1) is 6.07 Å². The lowest BCUT2D eigenvalue weighted by atomic mass is 9.99. The van der Waals surface area contributed by atoms with E-state index in [1.54, 1.807) is 0 Å². The Hall–Kier alpha value is -0.590. The van der Waals surface area contributed by atoms with Gasteiger partial charge in [-0.3, -0.25) is 5.32 Å². The van der Waals surface area contributed by atoms with Gasteiger partial charge in [0, 0.05) is 18.6 Å². The Labute approximate surface area is 99.8 Å². The molecule has 0 aromatic heterocycles. The van der Waals surface area contributed by atoms with Crippen LogP contribution in [-0.2, 0) is 0 Å². The summed E-state index contributed by atoms with van der Waals surface area (Å²) in [6.07, 6.45) is 3.38. The monoisotopic (exact) mass is 223 g/mol. The van der Waals surface area contributed by atoms with Gasteiger partial charge in [0.15, 0.2) is 0 Å². The Bertz CT molecular complexity index is 252. The van der Waals surface area contributed by atoms with Gasteiger partial charge in [0.25, 0.3) is 0 Å². The van der Waals surface area contributed by atoms with Crippen LogP contribution in [0.4, 0.5) is 0 Å². The van der Waals surface area contributed by atoms with E-state index in [0.29, 0.717) is 12.1 Å². The minimum absolute atomic E-state index is 0.344. The second-order valence-electron chi connectivity index (χ2n) is 5.33. The van der Waals surface area contributed by atoms with Crippen LogP contribution < -0.4 is 5.32 Å². The highest BCUT2D eigenvalue weighted by molar-refractivity contribution is 5.07. The predicted molar refractivity (Wildman–Crippen MR) is 67.2 cm³/mol. The van der Waals surface area contributed by atoms with E-state index in [-0.39, 0.29) is 5.54 Å². The molecule has 1 aliphatic carbocycles. The van der Waals surface area contributed by atoms with Crippen molar-refractivity contribution >= 4 is 0 Å². The lowest BCUT2D eigenvalue weighted by Gasteiger charge is -2.30. The van der Waals surface area contributed by atoms with Crippen molar-refractivity contribution in [3.8, 4) is 6.07 Å². The summed E-state index contributed by atoms with van der Waals surface area (Å²) in [5.74, 6) is 0. The largest absolute Gasteiger partial charge is 0.301 e. The van der Waals surface area contributed by atoms with Crippen LogP contribution in [0.25, 0.3) is 0 Å². The molecular formula is C13H25N3. The summed E-state index contributed by atoms with van der Waals surface area (Å²) in [6.45, 7) is 10.7. The average Bonchev–Trinajstić information content (AvgIpc) is 3.02. The summed E-state index contributed by atoms with van der Waals surface area (Å²) in [6, 6.07) is 3.59. The van der Waals surface area contributed by atoms with E-state index in [2.05, 4.69) is 37.1 Å². The molecule has 0 heterocycles. The number of nitrogens with zero attached hydrogens (tertiary/aromatic N) is 2. The highest BCUT2D eigenvalue weighted by Crippen LogP contribution is 2.24. The van der Waals surface area contributed by atoms with Gasteiger partial charge in [-0.05, 0) is 46.6 Å². The third-order valence-corrected chi connectivity index (χ3v) is 3.38. The normalized spacial score (nSPS) is 19.8. The zero-order chi connectivity index (χ0) is 12.2. The van der Waals surface area contributed by atoms with Gasteiger partial charge in [-0.2, -0.15) is 5.26 Å². The van der Waals surface area contributed by atoms with Gasteiger partial charge in [0.2, 0.25) is 0 Å². The molecule has 3 heteroatoms. The predicted octanol–water partition coefficient (Wildman–Crippen LogP) is 2.14. The second kappa shape index (κ2) is 5.65. The Morgan fingerprint density at radius 1 is 1.50 bits per heavy atom. The summed E-state index contributed by atoms with van der Waals surface area (Å²) >= 11 is 0. The Balaban J connectivity index is 2.40. The van der Waals surface area contributed by atoms with E-state index >= 15 is 0 Å². The zero-order valence-corrected chi connectivity index (χ0v) is 11.1. The highest BCUT2D eigenvalue weighted by atomic mass is 15.1. The van der Waals surface area contributed by atoms with Crippen molar-refractivity contribution in [2.45, 2.75) is 64.6 Å². The fraction of sp³-hybridized carbons (Fsp3) is 0.923. The van der Waals surface area contributed by atoms with Gasteiger partial charge in [-0.25, -0.2) is 0 Å². The van der Waals surface area contributed by atoms with Crippen LogP contribution >= 0.6 is 0 Å². The van der Waals surface area contributed by atoms with Crippen LogP contribution in [0.15, 0.2) is 0 Å². The Morgan fingerprint density at radius 2 is 2.12 bits per heavy atom. The summed E-state index contributed by atoms with van der Waals surface area (Å²) in [7, 11) is 0. The molecule has 0 aromatic rings. The fourth-order valence-corrected chi connectivity index (χ4v) is 1.99. The van der Waals surface area contributed by atoms with E-state index in [4.69, 9.17) is 0 Å². The quantitative estimate of drug-likeness (QED) is 0.718. The average molecular weight is 223 g/mol. The summed E-state index contributed by atoms with van der Waals surface area (Å²) in [5, 5.41) is 12.7. The first-order valence-electron chi connectivity index (χ1n) is 6.43. The van der Waals surface area contributed by atoms with Crippen LogP contribution in [0.1, 0.15) is 47.0 Å². The molecule has 16 heavy (non-hydrogen) atoms. The molecule has 3 nitrogen and oxygen atoms in total. The van der Waals surface area contributed by atoms with E-state index in [9.17, 15) is 5.26 Å². The molecular weight excluding hydrogens is 198 g/mol. The first kappa shape index (κ1) is 13.5. The van der Waals surface area contributed by atoms with Crippen LogP contribution in [-0.4, -0.2) is 35.6 Å². The van der Waals surface area contributed by atoms with E-state index in [0.717, 1.165) is 19.5 Å². The Morgan fingerprint density at radius 3 is 2.50 bits per heavy atom. The molecule has 1 fully saturated rings. The summed E-state index contributed by atoms with van der Waals surface area (Å²) in [5.41, 5.74) is -0.344. The van der Waals surface area contributed by atoms with Crippen molar-refractivity contribution in [2.75, 3.05) is 13.1 Å². The third-order valence-electron chi connectivity index (χ3n) is 3.38. The van der Waals surface area contributed by atoms with Crippen molar-refractivity contribution in [1.82, 2.24) is 10.2 Å². The molecule has 0 saturated heterocycles. The molecule has 0 amide bonds. The number of nitriles is 1. The van der Waals surface area contributed by atoms with Gasteiger partial charge >= 0.3 is 0 Å². The minimum atomic E-state index is -0.344. The maximum absolute atomic E-state index is 9.26. The zero-order valence-electron chi connectivity index (χ0n) is 11.1. The van der Waals surface area contributed by atoms with Gasteiger partial charge in [0.1, 0.15) is 5.54 Å². The standard InChI is InChI=1S/C13H25N3/c1-5-16(11(2)3)9-8-13(4,10-14)15-12-6-7-12/h11-12,15H,5-9H2,1-4H3. The van der Waals surface area contributed by atoms with Gasteiger partial charge in [-0.15, -0.1) is 0 Å². The smallest absolute Gasteiger partial charge is 0.105 e. The minimum Gasteiger partial charge on any atom is -0.301 e. The molecule has 0 aliphatic heterocycles. The highest BCUT2D eigenvalue weighted by Gasteiger charge is 2.32. The van der Waals surface area contributed by atoms with Crippen molar-refractivity contribution in [1.29, 1.82) is 5.26 Å². The lowest BCUT2D eigenvalue weighted by Crippen LogP contribution is -2.45. The number of hydrogen-bond acceptors (Lipinski definition) is 3. The Kier molecular flexibility index (Phi) is 4.76. The van der Waals surface area contributed by atoms with Crippen LogP contribution in [0.3, 0.4) is 0 Å². The molecule has 0 spiro atoms. The fourth-order valence-electron chi connectivity index (χ4n) is 1.99. The van der Waals surface area contributed by atoms with Crippen molar-refractivity contribution < 1.29 is 0 Å². The molecule has 1 rings (SSSR count). The molecule has 92 valence electrons. The number of nitrogens with one attached hydrogen (secondary N) is 1. The molecule has 1 atom stereocenters. The SMILES string of the molecule is CCN(CCC(C)(C#N)NC1CC1)C(C)C. The second-order valence-corrected chi connectivity index (χ2v) is 5.33. The van der Waals surface area contributed by atoms with Crippen LogP contribution in [0.2, 0.25) is 0 Å². The van der Waals surface area contributed by atoms with Crippen molar-refractivity contribution in [2.24, 2.45) is 0 Å². The first-order valence-corrected chi connectivity index (χ1v) is 6.43. The van der Waals surface area contributed by atoms with Crippen molar-refractivity contribution in [3.05, 3.63) is 0 Å². The molecule has 1 N–H and O–H groups in total. The van der Waals surface area contributed by atoms with Crippen molar-refractivity contribution in [3.63, 3.8) is 0 Å². The molecule has 1 saturated carbocycles. The van der Waals surface area contributed by atoms with Crippen LogP contribution in [0, 0.1) is 11.3 Å². The molecule has 1 aliphatic rings. The number of rotatable bonds is 7. The summed E-state index contributed by atoms with van der Waals surface area (Å²) in [4.78, 5) is 2.41. The molecule has 0 aromatic carbocycles. The van der Waals surface area contributed by atoms with Crippen LogP contribution in [0.5, 0.6) is 0 Å². The third kappa shape index (κ3) is 4.11. The molecule has 1 unspecified atom stereocenters. The number of hydrogen-bond donors (Lipinski definition) is 1.